The molecule has 0 N–H and O–H groups in total. The maximum atomic E-state index is 6.09. The molecule has 1 atom stereocenters. The van der Waals surface area contributed by atoms with Crippen molar-refractivity contribution in [1.29, 1.82) is 0 Å². The monoisotopic (exact) mass is 281 g/mol. The summed E-state index contributed by atoms with van der Waals surface area (Å²) in [7, 11) is 0. The molecule has 2 bridgehead atoms. The molecule has 1 aromatic carbocycles. The van der Waals surface area contributed by atoms with Crippen molar-refractivity contribution in [2.45, 2.75) is 18.9 Å². The summed E-state index contributed by atoms with van der Waals surface area (Å²) in [5.74, 6) is 0.666. The second-order valence-corrected chi connectivity index (χ2v) is 5.88. The fourth-order valence-corrected chi connectivity index (χ4v) is 3.35. The highest BCUT2D eigenvalue weighted by Crippen LogP contribution is 2.30. The van der Waals surface area contributed by atoms with E-state index in [0.29, 0.717) is 11.9 Å². The van der Waals surface area contributed by atoms with Crippen LogP contribution in [0.5, 0.6) is 6.01 Å². The second kappa shape index (κ2) is 5.45. The first kappa shape index (κ1) is 12.8. The van der Waals surface area contributed by atoms with Crippen molar-refractivity contribution in [2.24, 2.45) is 5.92 Å². The molecule has 3 aliphatic rings. The molecule has 4 nitrogen and oxygen atoms in total. The molecule has 0 saturated carbocycles. The molecule has 0 spiro atoms. The highest BCUT2D eigenvalue weighted by molar-refractivity contribution is 5.58. The smallest absolute Gasteiger partial charge is 0.317 e. The predicted molar refractivity (Wildman–Crippen MR) is 81.0 cm³/mol. The van der Waals surface area contributed by atoms with Crippen LogP contribution in [0.15, 0.2) is 42.6 Å². The largest absolute Gasteiger partial charge is 0.458 e. The summed E-state index contributed by atoms with van der Waals surface area (Å²) in [5, 5.41) is 0. The van der Waals surface area contributed by atoms with Crippen LogP contribution in [0.3, 0.4) is 0 Å². The number of nitrogens with zero attached hydrogens (tertiary/aromatic N) is 3. The topological polar surface area (TPSA) is 38.2 Å². The summed E-state index contributed by atoms with van der Waals surface area (Å²) in [4.78, 5) is 11.3. The Morgan fingerprint density at radius 2 is 1.86 bits per heavy atom. The quantitative estimate of drug-likeness (QED) is 0.867. The third kappa shape index (κ3) is 2.63. The molecule has 0 amide bonds. The van der Waals surface area contributed by atoms with Crippen molar-refractivity contribution in [2.75, 3.05) is 19.6 Å². The van der Waals surface area contributed by atoms with Gasteiger partial charge in [-0.2, -0.15) is 4.98 Å². The number of hydrogen-bond donors (Lipinski definition) is 0. The predicted octanol–water partition coefficient (Wildman–Crippen LogP) is 2.62. The number of fused-ring (bicyclic) bond motifs is 3. The van der Waals surface area contributed by atoms with Gasteiger partial charge in [-0.1, -0.05) is 30.3 Å². The lowest BCUT2D eigenvalue weighted by atomic mass is 9.86. The molecule has 3 fully saturated rings. The molecule has 108 valence electrons. The Hall–Kier alpha value is -1.94. The molecule has 21 heavy (non-hydrogen) atoms. The van der Waals surface area contributed by atoms with Gasteiger partial charge in [0.25, 0.3) is 0 Å². The van der Waals surface area contributed by atoms with E-state index in [1.54, 1.807) is 6.20 Å². The summed E-state index contributed by atoms with van der Waals surface area (Å²) < 4.78 is 6.09. The zero-order chi connectivity index (χ0) is 14.1. The Morgan fingerprint density at radius 3 is 2.57 bits per heavy atom. The van der Waals surface area contributed by atoms with Crippen LogP contribution < -0.4 is 4.74 Å². The van der Waals surface area contributed by atoms with Crippen LogP contribution in [-0.4, -0.2) is 40.6 Å². The minimum absolute atomic E-state index is 0.249. The molecular formula is C17H19N3O. The number of piperidine rings is 3. The Morgan fingerprint density at radius 1 is 1.05 bits per heavy atom. The van der Waals surface area contributed by atoms with Gasteiger partial charge in [-0.15, -0.1) is 0 Å². The van der Waals surface area contributed by atoms with Crippen molar-refractivity contribution >= 4 is 0 Å². The van der Waals surface area contributed by atoms with E-state index in [-0.39, 0.29) is 6.10 Å². The van der Waals surface area contributed by atoms with Gasteiger partial charge >= 0.3 is 6.01 Å². The summed E-state index contributed by atoms with van der Waals surface area (Å²) >= 11 is 0. The molecule has 3 aliphatic heterocycles. The van der Waals surface area contributed by atoms with Crippen LogP contribution in [0, 0.1) is 5.92 Å². The van der Waals surface area contributed by atoms with E-state index in [0.717, 1.165) is 17.8 Å². The van der Waals surface area contributed by atoms with Gasteiger partial charge in [-0.05, 0) is 37.9 Å². The van der Waals surface area contributed by atoms with E-state index >= 15 is 0 Å². The minimum Gasteiger partial charge on any atom is -0.458 e. The van der Waals surface area contributed by atoms with E-state index in [2.05, 4.69) is 27.0 Å². The van der Waals surface area contributed by atoms with Crippen molar-refractivity contribution in [3.05, 3.63) is 42.6 Å². The maximum Gasteiger partial charge on any atom is 0.317 e. The van der Waals surface area contributed by atoms with Gasteiger partial charge in [0, 0.05) is 18.3 Å². The molecule has 5 rings (SSSR count). The lowest BCUT2D eigenvalue weighted by Gasteiger charge is -2.43. The first-order chi connectivity index (χ1) is 10.4. The van der Waals surface area contributed by atoms with E-state index < -0.39 is 0 Å². The summed E-state index contributed by atoms with van der Waals surface area (Å²) in [5.41, 5.74) is 2.01. The molecule has 0 aliphatic carbocycles. The number of rotatable bonds is 3. The second-order valence-electron chi connectivity index (χ2n) is 5.88. The Balaban J connectivity index is 1.53. The number of ether oxygens (including phenoxy) is 1. The van der Waals surface area contributed by atoms with Crippen LogP contribution in [0.25, 0.3) is 11.3 Å². The summed E-state index contributed by atoms with van der Waals surface area (Å²) in [6.45, 7) is 3.45. The number of benzene rings is 1. The lowest BCUT2D eigenvalue weighted by Crippen LogP contribution is -2.52. The first-order valence-electron chi connectivity index (χ1n) is 7.66. The fraction of sp³-hybridized carbons (Fsp3) is 0.412. The van der Waals surface area contributed by atoms with Crippen LogP contribution in [0.4, 0.5) is 0 Å². The van der Waals surface area contributed by atoms with Crippen molar-refractivity contribution < 1.29 is 4.74 Å². The molecule has 4 heterocycles. The third-order valence-electron chi connectivity index (χ3n) is 4.56. The van der Waals surface area contributed by atoms with Crippen LogP contribution in [0.2, 0.25) is 0 Å². The minimum atomic E-state index is 0.249. The Bertz CT molecular complexity index is 608. The zero-order valence-corrected chi connectivity index (χ0v) is 12.0. The maximum absolute atomic E-state index is 6.09. The lowest BCUT2D eigenvalue weighted by molar-refractivity contribution is -0.0122. The average Bonchev–Trinajstić information content (AvgIpc) is 2.57. The van der Waals surface area contributed by atoms with Gasteiger partial charge in [0.15, 0.2) is 0 Å². The average molecular weight is 281 g/mol. The van der Waals surface area contributed by atoms with Gasteiger partial charge in [-0.25, -0.2) is 4.98 Å². The van der Waals surface area contributed by atoms with Gasteiger partial charge in [0.05, 0.1) is 5.69 Å². The molecule has 0 radical (unpaired) electrons. The first-order valence-corrected chi connectivity index (χ1v) is 7.66. The number of hydrogen-bond acceptors (Lipinski definition) is 4. The fourth-order valence-electron chi connectivity index (χ4n) is 3.35. The van der Waals surface area contributed by atoms with Crippen LogP contribution >= 0.6 is 0 Å². The van der Waals surface area contributed by atoms with E-state index in [9.17, 15) is 0 Å². The van der Waals surface area contributed by atoms with E-state index in [4.69, 9.17) is 4.74 Å². The molecule has 2 aromatic rings. The molecule has 4 heteroatoms. The van der Waals surface area contributed by atoms with E-state index in [1.165, 1.54) is 25.9 Å². The van der Waals surface area contributed by atoms with Gasteiger partial charge in [-0.3, -0.25) is 4.90 Å². The normalized spacial score (nSPS) is 27.5. The van der Waals surface area contributed by atoms with Gasteiger partial charge < -0.3 is 4.74 Å². The van der Waals surface area contributed by atoms with Gasteiger partial charge in [0.2, 0.25) is 0 Å². The molecular weight excluding hydrogens is 262 g/mol. The van der Waals surface area contributed by atoms with E-state index in [1.807, 2.05) is 24.3 Å². The Labute approximate surface area is 124 Å². The van der Waals surface area contributed by atoms with Crippen molar-refractivity contribution in [3.8, 4) is 17.3 Å². The highest BCUT2D eigenvalue weighted by atomic mass is 16.5. The van der Waals surface area contributed by atoms with Crippen molar-refractivity contribution in [1.82, 2.24) is 14.9 Å². The molecule has 1 aromatic heterocycles. The SMILES string of the molecule is c1ccc(-c2ccnc(O[C@@H]3CN4CCC3CC4)n2)cc1. The zero-order valence-electron chi connectivity index (χ0n) is 12.0. The summed E-state index contributed by atoms with van der Waals surface area (Å²) in [6.07, 6.45) is 4.51. The van der Waals surface area contributed by atoms with Crippen LogP contribution in [0.1, 0.15) is 12.8 Å². The van der Waals surface area contributed by atoms with Crippen LogP contribution in [-0.2, 0) is 0 Å². The standard InChI is InChI=1S/C17H19N3O/c1-2-4-13(5-3-1)15-6-9-18-17(19-15)21-16-12-20-10-7-14(16)8-11-20/h1-6,9,14,16H,7-8,10-12H2/t16-/m1/s1. The van der Waals surface area contributed by atoms with Crippen molar-refractivity contribution in [3.63, 3.8) is 0 Å². The highest BCUT2D eigenvalue weighted by Gasteiger charge is 2.35. The molecule has 3 saturated heterocycles. The Kier molecular flexibility index (Phi) is 3.31. The van der Waals surface area contributed by atoms with Gasteiger partial charge in [0.1, 0.15) is 6.10 Å². The third-order valence-corrected chi connectivity index (χ3v) is 4.56. The summed E-state index contributed by atoms with van der Waals surface area (Å²) in [6, 6.07) is 12.6. The number of aromatic nitrogens is 2. The molecule has 0 unspecified atom stereocenters.